The molecule has 14 heteroatoms. The van der Waals surface area contributed by atoms with E-state index in [1.54, 1.807) is 38.5 Å². The van der Waals surface area contributed by atoms with E-state index < -0.39 is 45.5 Å². The van der Waals surface area contributed by atoms with Crippen molar-refractivity contribution in [3.8, 4) is 0 Å². The molecule has 4 rings (SSSR count). The van der Waals surface area contributed by atoms with Crippen LogP contribution in [0.2, 0.25) is 0 Å². The van der Waals surface area contributed by atoms with Gasteiger partial charge in [-0.15, -0.1) is 0 Å². The number of nitrogens with two attached hydrogens (primary N) is 1. The maximum absolute atomic E-state index is 12.8. The molecule has 47 heavy (non-hydrogen) atoms. The number of carbonyl (C=O) groups is 4. The molecule has 0 aliphatic heterocycles. The second-order valence-corrected chi connectivity index (χ2v) is 12.0. The molecule has 3 aromatic carbocycles. The number of hydrogen-bond donors (Lipinski definition) is 5. The molecule has 0 spiro atoms. The first-order valence-electron chi connectivity index (χ1n) is 14.0. The van der Waals surface area contributed by atoms with Gasteiger partial charge in [-0.05, 0) is 44.5 Å². The summed E-state index contributed by atoms with van der Waals surface area (Å²) in [7, 11) is -1.05. The fourth-order valence-corrected chi connectivity index (χ4v) is 5.52. The first-order valence-corrected chi connectivity index (χ1v) is 15.4. The number of carboxylic acid groups (broad SMARTS) is 2. The zero-order chi connectivity index (χ0) is 34.2. The summed E-state index contributed by atoms with van der Waals surface area (Å²) in [5, 5.41) is 40.3. The van der Waals surface area contributed by atoms with Crippen LogP contribution in [0.15, 0.2) is 90.2 Å². The van der Waals surface area contributed by atoms with Gasteiger partial charge in [-0.25, -0.2) is 14.6 Å². The lowest BCUT2D eigenvalue weighted by Gasteiger charge is -2.34. The quantitative estimate of drug-likeness (QED) is 0.0834. The summed E-state index contributed by atoms with van der Waals surface area (Å²) in [4.78, 5) is 54.0. The number of aryl methyl sites for hydroxylation is 3. The molecule has 4 aromatic rings. The minimum absolute atomic E-state index is 0. The third-order valence-corrected chi connectivity index (χ3v) is 8.47. The van der Waals surface area contributed by atoms with Gasteiger partial charge in [0.1, 0.15) is 0 Å². The molecule has 0 unspecified atom stereocenters. The van der Waals surface area contributed by atoms with Crippen LogP contribution < -0.4 is 5.73 Å². The SMILES string of the molecule is CCCn1cncc1C[S@](=O)c1ccc(N)cc1.Cc1ccc(C(=O)[C@@](O)(C(=O)O)[C@](O)(C(=O)O)C(=O)c2ccc(C)cc2)cc1.O. The van der Waals surface area contributed by atoms with Crippen LogP contribution in [0.25, 0.3) is 0 Å². The zero-order valence-electron chi connectivity index (χ0n) is 25.9. The number of nitrogens with zero attached hydrogens (tertiary/aromatic N) is 2. The molecule has 0 radical (unpaired) electrons. The third-order valence-electron chi connectivity index (χ3n) is 7.11. The molecular weight excluding hydrogens is 630 g/mol. The van der Waals surface area contributed by atoms with E-state index in [2.05, 4.69) is 16.5 Å². The Hall–Kier alpha value is -5.02. The van der Waals surface area contributed by atoms with E-state index in [-0.39, 0.29) is 16.6 Å². The highest BCUT2D eigenvalue weighted by Crippen LogP contribution is 2.32. The number of aliphatic carboxylic acids is 2. The molecule has 0 saturated heterocycles. The summed E-state index contributed by atoms with van der Waals surface area (Å²) in [6, 6.07) is 17.5. The summed E-state index contributed by atoms with van der Waals surface area (Å²) in [6.07, 6.45) is 4.61. The number of Topliss-reactive ketones (excluding diaryl/α,β-unsaturated/α-hetero) is 2. The smallest absolute Gasteiger partial charge is 0.348 e. The minimum Gasteiger partial charge on any atom is -0.479 e. The largest absolute Gasteiger partial charge is 0.479 e. The number of aliphatic hydroxyl groups is 2. The van der Waals surface area contributed by atoms with Crippen molar-refractivity contribution < 1.29 is 49.3 Å². The summed E-state index contributed by atoms with van der Waals surface area (Å²) >= 11 is 0. The van der Waals surface area contributed by atoms with Crippen LogP contribution in [-0.2, 0) is 32.7 Å². The van der Waals surface area contributed by atoms with Crippen molar-refractivity contribution in [1.82, 2.24) is 9.55 Å². The first kappa shape index (κ1) is 38.2. The van der Waals surface area contributed by atoms with Crippen LogP contribution in [0.3, 0.4) is 0 Å². The van der Waals surface area contributed by atoms with Crippen molar-refractivity contribution in [3.63, 3.8) is 0 Å². The Balaban J connectivity index is 0.000000349. The maximum Gasteiger partial charge on any atom is 0.348 e. The van der Waals surface area contributed by atoms with Crippen LogP contribution in [0, 0.1) is 13.8 Å². The van der Waals surface area contributed by atoms with E-state index in [4.69, 9.17) is 5.73 Å². The Labute approximate surface area is 273 Å². The summed E-state index contributed by atoms with van der Waals surface area (Å²) in [6.45, 7) is 6.40. The van der Waals surface area contributed by atoms with Crippen molar-refractivity contribution in [1.29, 1.82) is 0 Å². The van der Waals surface area contributed by atoms with Crippen molar-refractivity contribution in [2.24, 2.45) is 0 Å². The van der Waals surface area contributed by atoms with Crippen LogP contribution in [-0.4, -0.2) is 74.4 Å². The van der Waals surface area contributed by atoms with Gasteiger partial charge in [-0.3, -0.25) is 13.8 Å². The van der Waals surface area contributed by atoms with Gasteiger partial charge < -0.3 is 36.2 Å². The van der Waals surface area contributed by atoms with E-state index in [0.29, 0.717) is 22.6 Å². The molecule has 1 heterocycles. The second kappa shape index (κ2) is 16.0. The lowest BCUT2D eigenvalue weighted by atomic mass is 9.73. The van der Waals surface area contributed by atoms with Crippen molar-refractivity contribution >= 4 is 40.0 Å². The molecule has 250 valence electrons. The number of carboxylic acids is 2. The van der Waals surface area contributed by atoms with Gasteiger partial charge in [0.2, 0.25) is 11.6 Å². The molecular formula is C33H37N3O10S. The average molecular weight is 668 g/mol. The number of imidazole rings is 1. The Morgan fingerprint density at radius 3 is 1.60 bits per heavy atom. The highest BCUT2D eigenvalue weighted by molar-refractivity contribution is 7.84. The molecule has 0 bridgehead atoms. The highest BCUT2D eigenvalue weighted by atomic mass is 32.2. The first-order chi connectivity index (χ1) is 21.7. The monoisotopic (exact) mass is 667 g/mol. The van der Waals surface area contributed by atoms with E-state index in [1.165, 1.54) is 24.3 Å². The number of nitrogen functional groups attached to an aromatic ring is 1. The molecule has 3 atom stereocenters. The molecule has 0 aliphatic rings. The number of carbonyl (C=O) groups excluding carboxylic acids is 2. The zero-order valence-corrected chi connectivity index (χ0v) is 26.7. The van der Waals surface area contributed by atoms with Crippen LogP contribution in [0.4, 0.5) is 5.69 Å². The Morgan fingerprint density at radius 1 is 0.787 bits per heavy atom. The highest BCUT2D eigenvalue weighted by Gasteiger charge is 2.69. The van der Waals surface area contributed by atoms with Crippen LogP contribution in [0.5, 0.6) is 0 Å². The summed E-state index contributed by atoms with van der Waals surface area (Å²) in [5.41, 5.74) is 0.0333. The van der Waals surface area contributed by atoms with E-state index in [9.17, 15) is 43.8 Å². The molecule has 0 fully saturated rings. The topological polar surface area (TPSA) is 242 Å². The molecule has 0 saturated carbocycles. The molecule has 0 amide bonds. The Kier molecular flexibility index (Phi) is 13.0. The number of benzene rings is 3. The Morgan fingerprint density at radius 2 is 1.21 bits per heavy atom. The normalized spacial score (nSPS) is 13.8. The van der Waals surface area contributed by atoms with Crippen molar-refractivity contribution in [2.75, 3.05) is 5.73 Å². The molecule has 8 N–H and O–H groups in total. The molecule has 13 nitrogen and oxygen atoms in total. The van der Waals surface area contributed by atoms with Crippen LogP contribution in [0.1, 0.15) is 50.9 Å². The minimum atomic E-state index is -3.96. The van der Waals surface area contributed by atoms with Gasteiger partial charge in [0.25, 0.3) is 11.2 Å². The van der Waals surface area contributed by atoms with Gasteiger partial charge >= 0.3 is 11.9 Å². The van der Waals surface area contributed by atoms with Gasteiger partial charge in [0, 0.05) is 34.5 Å². The van der Waals surface area contributed by atoms with E-state index in [1.807, 2.05) is 12.1 Å². The predicted octanol–water partition coefficient (Wildman–Crippen LogP) is 2.36. The Bertz CT molecular complexity index is 1660. The van der Waals surface area contributed by atoms with Crippen molar-refractivity contribution in [2.45, 2.75) is 55.6 Å². The number of hydrogen-bond acceptors (Lipinski definition) is 9. The van der Waals surface area contributed by atoms with Gasteiger partial charge in [0.05, 0.1) is 28.6 Å². The van der Waals surface area contributed by atoms with Gasteiger partial charge in [-0.2, -0.15) is 0 Å². The lowest BCUT2D eigenvalue weighted by molar-refractivity contribution is -0.187. The molecule has 1 aromatic heterocycles. The maximum atomic E-state index is 12.8. The molecule has 0 aliphatic carbocycles. The number of anilines is 1. The fraction of sp³-hybridized carbons (Fsp3) is 0.242. The number of ketones is 2. The van der Waals surface area contributed by atoms with E-state index in [0.717, 1.165) is 47.8 Å². The average Bonchev–Trinajstić information content (AvgIpc) is 3.47. The summed E-state index contributed by atoms with van der Waals surface area (Å²) in [5.74, 6) is -7.52. The summed E-state index contributed by atoms with van der Waals surface area (Å²) < 4.78 is 14.3. The standard InChI is InChI=1S/C20H18O8.C13H17N3OS.H2O/c1-11-3-7-13(8-4-11)15(21)19(27,17(23)24)20(28,18(25)26)16(22)14-9-5-12(2)6-10-14;1-2-7-16-10-15-8-12(16)9-18(17)13-5-3-11(14)4-6-13;/h3-10,27-28H,1-2H3,(H,23,24)(H,25,26);3-6,8,10H,2,7,9,14H2,1H3;1H2/t19-,20-;18-;/m10./s1. The predicted molar refractivity (Wildman–Crippen MR) is 173 cm³/mol. The van der Waals surface area contributed by atoms with Crippen molar-refractivity contribution in [3.05, 3.63) is 113 Å². The third kappa shape index (κ3) is 8.23. The van der Waals surface area contributed by atoms with Gasteiger partial charge in [-0.1, -0.05) is 66.6 Å². The van der Waals surface area contributed by atoms with Gasteiger partial charge in [0.15, 0.2) is 0 Å². The number of rotatable bonds is 12. The lowest BCUT2D eigenvalue weighted by Crippen LogP contribution is -2.71. The fourth-order valence-electron chi connectivity index (χ4n) is 4.41. The van der Waals surface area contributed by atoms with Crippen LogP contribution >= 0.6 is 0 Å². The van der Waals surface area contributed by atoms with E-state index >= 15 is 0 Å². The number of aromatic nitrogens is 2. The second-order valence-electron chi connectivity index (χ2n) is 10.6.